The van der Waals surface area contributed by atoms with Gasteiger partial charge >= 0.3 is 0 Å². The average Bonchev–Trinajstić information content (AvgIpc) is 2.49. The van der Waals surface area contributed by atoms with Crippen molar-refractivity contribution in [1.29, 1.82) is 0 Å². The van der Waals surface area contributed by atoms with Crippen LogP contribution in [-0.4, -0.2) is 17.3 Å². The van der Waals surface area contributed by atoms with Crippen LogP contribution in [-0.2, 0) is 4.79 Å². The third-order valence-corrected chi connectivity index (χ3v) is 3.44. The van der Waals surface area contributed by atoms with E-state index in [0.717, 1.165) is 5.04 Å². The number of carbonyl (C=O) groups is 1. The van der Waals surface area contributed by atoms with E-state index >= 15 is 0 Å². The standard InChI is InChI=1S/C9H10N2OS/c1-5(2)7-3-6-8(12)10-4-11-9(6)13-7/h3-6H,1-2H3. The summed E-state index contributed by atoms with van der Waals surface area (Å²) in [6.45, 7) is 4.23. The summed E-state index contributed by atoms with van der Waals surface area (Å²) in [5.74, 6) is 0.187. The second-order valence-corrected chi connectivity index (χ2v) is 4.45. The van der Waals surface area contributed by atoms with Crippen molar-refractivity contribution in [1.82, 2.24) is 0 Å². The van der Waals surface area contributed by atoms with E-state index in [1.165, 1.54) is 11.2 Å². The Kier molecular flexibility index (Phi) is 2.07. The summed E-state index contributed by atoms with van der Waals surface area (Å²) >= 11 is 1.61. The predicted octanol–water partition coefficient (Wildman–Crippen LogP) is 1.86. The van der Waals surface area contributed by atoms with Gasteiger partial charge in [0.15, 0.2) is 0 Å². The Morgan fingerprint density at radius 2 is 2.31 bits per heavy atom. The Balaban J connectivity index is 2.28. The SMILES string of the molecule is CC(C)C1=CC2C(=O)N=CN=C2S1. The third kappa shape index (κ3) is 1.46. The van der Waals surface area contributed by atoms with Crippen molar-refractivity contribution >= 4 is 29.1 Å². The average molecular weight is 194 g/mol. The molecule has 0 saturated heterocycles. The Bertz CT molecular complexity index is 342. The number of allylic oxidation sites excluding steroid dienone is 1. The zero-order valence-corrected chi connectivity index (χ0v) is 8.34. The third-order valence-electron chi connectivity index (χ3n) is 2.02. The van der Waals surface area contributed by atoms with Crippen molar-refractivity contribution in [3.63, 3.8) is 0 Å². The number of hydrogen-bond acceptors (Lipinski definition) is 3. The topological polar surface area (TPSA) is 41.8 Å². The molecular formula is C9H10N2OS. The van der Waals surface area contributed by atoms with Crippen LogP contribution >= 0.6 is 11.8 Å². The first-order valence-electron chi connectivity index (χ1n) is 4.22. The Morgan fingerprint density at radius 3 is 2.92 bits per heavy atom. The molecule has 4 heteroatoms. The van der Waals surface area contributed by atoms with E-state index < -0.39 is 0 Å². The molecular weight excluding hydrogens is 184 g/mol. The fourth-order valence-corrected chi connectivity index (χ4v) is 2.35. The summed E-state index contributed by atoms with van der Waals surface area (Å²) in [6.07, 6.45) is 3.32. The predicted molar refractivity (Wildman–Crippen MR) is 54.9 cm³/mol. The van der Waals surface area contributed by atoms with Crippen molar-refractivity contribution in [2.75, 3.05) is 0 Å². The van der Waals surface area contributed by atoms with Gasteiger partial charge in [-0.1, -0.05) is 31.7 Å². The fourth-order valence-electron chi connectivity index (χ4n) is 1.27. The number of rotatable bonds is 1. The number of nitrogens with zero attached hydrogens (tertiary/aromatic N) is 2. The minimum absolute atomic E-state index is 0.0897. The summed E-state index contributed by atoms with van der Waals surface area (Å²) in [4.78, 5) is 20.3. The van der Waals surface area contributed by atoms with Crippen molar-refractivity contribution in [3.8, 4) is 0 Å². The molecule has 0 bridgehead atoms. The summed E-state index contributed by atoms with van der Waals surface area (Å²) < 4.78 is 0. The highest BCUT2D eigenvalue weighted by Gasteiger charge is 2.32. The van der Waals surface area contributed by atoms with Crippen molar-refractivity contribution in [2.24, 2.45) is 21.8 Å². The summed E-state index contributed by atoms with van der Waals surface area (Å²) in [5, 5.41) is 0.878. The molecule has 13 heavy (non-hydrogen) atoms. The molecule has 2 aliphatic rings. The zero-order valence-electron chi connectivity index (χ0n) is 7.52. The normalized spacial score (nSPS) is 26.1. The summed E-state index contributed by atoms with van der Waals surface area (Å²) in [5.41, 5.74) is 0. The lowest BCUT2D eigenvalue weighted by atomic mass is 10.1. The molecule has 2 rings (SSSR count). The first kappa shape index (κ1) is 8.69. The number of hydrogen-bond donors (Lipinski definition) is 0. The van der Waals surface area contributed by atoms with Gasteiger partial charge < -0.3 is 0 Å². The van der Waals surface area contributed by atoms with Crippen LogP contribution in [0.5, 0.6) is 0 Å². The molecule has 0 spiro atoms. The summed E-state index contributed by atoms with van der Waals surface area (Å²) in [7, 11) is 0. The van der Waals surface area contributed by atoms with Crippen LogP contribution in [0.3, 0.4) is 0 Å². The molecule has 0 radical (unpaired) electrons. The van der Waals surface area contributed by atoms with Gasteiger partial charge in [-0.2, -0.15) is 0 Å². The molecule has 2 heterocycles. The van der Waals surface area contributed by atoms with Gasteiger partial charge in [-0.05, 0) is 10.8 Å². The first-order valence-corrected chi connectivity index (χ1v) is 5.04. The molecule has 1 unspecified atom stereocenters. The van der Waals surface area contributed by atoms with Gasteiger partial charge in [0, 0.05) is 0 Å². The lowest BCUT2D eigenvalue weighted by molar-refractivity contribution is -0.118. The van der Waals surface area contributed by atoms with Crippen LogP contribution in [0.25, 0.3) is 0 Å². The molecule has 1 amide bonds. The fraction of sp³-hybridized carbons (Fsp3) is 0.444. The van der Waals surface area contributed by atoms with Gasteiger partial charge in [0.1, 0.15) is 12.3 Å². The molecule has 0 saturated carbocycles. The lowest BCUT2D eigenvalue weighted by Gasteiger charge is -2.06. The van der Waals surface area contributed by atoms with Gasteiger partial charge in [-0.25, -0.2) is 9.98 Å². The largest absolute Gasteiger partial charge is 0.271 e. The molecule has 0 aromatic rings. The maximum atomic E-state index is 11.3. The molecule has 2 aliphatic heterocycles. The second kappa shape index (κ2) is 3.10. The van der Waals surface area contributed by atoms with E-state index in [-0.39, 0.29) is 11.8 Å². The van der Waals surface area contributed by atoms with Gasteiger partial charge in [0.2, 0.25) is 0 Å². The molecule has 68 valence electrons. The van der Waals surface area contributed by atoms with Gasteiger partial charge in [-0.3, -0.25) is 4.79 Å². The molecule has 0 N–H and O–H groups in total. The van der Waals surface area contributed by atoms with E-state index in [2.05, 4.69) is 23.8 Å². The monoisotopic (exact) mass is 194 g/mol. The maximum Gasteiger partial charge on any atom is 0.260 e. The van der Waals surface area contributed by atoms with Crippen LogP contribution in [0.15, 0.2) is 21.0 Å². The maximum absolute atomic E-state index is 11.3. The van der Waals surface area contributed by atoms with Gasteiger partial charge in [0.05, 0.1) is 5.04 Å². The molecule has 0 aliphatic carbocycles. The quantitative estimate of drug-likeness (QED) is 0.639. The smallest absolute Gasteiger partial charge is 0.260 e. The first-order chi connectivity index (χ1) is 6.18. The molecule has 3 nitrogen and oxygen atoms in total. The van der Waals surface area contributed by atoms with Crippen LogP contribution in [0.2, 0.25) is 0 Å². The highest BCUT2D eigenvalue weighted by molar-refractivity contribution is 8.17. The number of carbonyl (C=O) groups excluding carboxylic acids is 1. The number of amides is 1. The second-order valence-electron chi connectivity index (χ2n) is 3.35. The van der Waals surface area contributed by atoms with Crippen LogP contribution in [0.4, 0.5) is 0 Å². The minimum Gasteiger partial charge on any atom is -0.271 e. The van der Waals surface area contributed by atoms with Gasteiger partial charge in [0.25, 0.3) is 5.91 Å². The van der Waals surface area contributed by atoms with Crippen molar-refractivity contribution < 1.29 is 4.79 Å². The number of aliphatic imine (C=N–C) groups is 2. The van der Waals surface area contributed by atoms with E-state index in [9.17, 15) is 4.79 Å². The van der Waals surface area contributed by atoms with E-state index in [1.807, 2.05) is 6.08 Å². The van der Waals surface area contributed by atoms with E-state index in [0.29, 0.717) is 5.92 Å². The molecule has 0 fully saturated rings. The van der Waals surface area contributed by atoms with Crippen molar-refractivity contribution in [2.45, 2.75) is 13.8 Å². The van der Waals surface area contributed by atoms with E-state index in [1.54, 1.807) is 11.8 Å². The van der Waals surface area contributed by atoms with Crippen LogP contribution in [0, 0.1) is 11.8 Å². The van der Waals surface area contributed by atoms with Crippen molar-refractivity contribution in [3.05, 3.63) is 11.0 Å². The molecule has 0 aromatic heterocycles. The lowest BCUT2D eigenvalue weighted by Crippen LogP contribution is -2.18. The van der Waals surface area contributed by atoms with Crippen LogP contribution < -0.4 is 0 Å². The van der Waals surface area contributed by atoms with Gasteiger partial charge in [-0.15, -0.1) is 0 Å². The Labute approximate surface area is 81.0 Å². The molecule has 1 atom stereocenters. The zero-order chi connectivity index (χ0) is 9.42. The summed E-state index contributed by atoms with van der Waals surface area (Å²) in [6, 6.07) is 0. The highest BCUT2D eigenvalue weighted by atomic mass is 32.2. The molecule has 0 aromatic carbocycles. The Morgan fingerprint density at radius 1 is 1.54 bits per heavy atom. The van der Waals surface area contributed by atoms with E-state index in [4.69, 9.17) is 0 Å². The minimum atomic E-state index is -0.188. The number of fused-ring (bicyclic) bond motifs is 1. The Hall–Kier alpha value is -0.900. The van der Waals surface area contributed by atoms with Crippen LogP contribution in [0.1, 0.15) is 13.8 Å². The number of thioether (sulfide) groups is 1. The highest BCUT2D eigenvalue weighted by Crippen LogP contribution is 2.37.